The molecule has 0 saturated carbocycles. The van der Waals surface area contributed by atoms with E-state index in [1.54, 1.807) is 14.1 Å². The fraction of sp³-hybridized carbons (Fsp3) is 0.429. The predicted octanol–water partition coefficient (Wildman–Crippen LogP) is 7.93. The van der Waals surface area contributed by atoms with E-state index in [0.29, 0.717) is 23.4 Å². The number of nitrogens with zero attached hydrogens (tertiary/aromatic N) is 6. The maximum absolute atomic E-state index is 12.2. The number of likely N-dealkylation sites (N-methyl/N-ethyl adjacent to an activating group) is 6. The van der Waals surface area contributed by atoms with E-state index in [-0.39, 0.29) is 212 Å². The maximum Gasteiger partial charge on any atom is 0.215 e. The lowest BCUT2D eigenvalue weighted by atomic mass is 10.1. The largest absolute Gasteiger partial charge is 0.361 e. The summed E-state index contributed by atoms with van der Waals surface area (Å²) in [4.78, 5) is 20.1. The number of aryl methyl sites for hydroxylation is 3. The van der Waals surface area contributed by atoms with Gasteiger partial charge < -0.3 is 59.3 Å². The van der Waals surface area contributed by atoms with E-state index >= 15 is 0 Å². The van der Waals surface area contributed by atoms with Crippen LogP contribution in [0.2, 0.25) is 0 Å². The first-order chi connectivity index (χ1) is 79.4. The average Bonchev–Trinajstić information content (AvgIpc) is 1.60. The fourth-order valence-electron chi connectivity index (χ4n) is 10.1. The van der Waals surface area contributed by atoms with Crippen molar-refractivity contribution in [3.05, 3.63) is 213 Å². The van der Waals surface area contributed by atoms with Gasteiger partial charge in [-0.15, -0.1) is 0 Å². The number of hydrogen-bond acceptors (Lipinski definition) is 18. The van der Waals surface area contributed by atoms with Crippen molar-refractivity contribution in [2.75, 3.05) is 165 Å². The Morgan fingerprint density at radius 2 is 0.483 bits per heavy atom. The zero-order valence-electron chi connectivity index (χ0n) is 123. The Labute approximate surface area is 791 Å². The van der Waals surface area contributed by atoms with Crippen LogP contribution in [-0.4, -0.2) is 275 Å². The van der Waals surface area contributed by atoms with Crippen LogP contribution in [0.5, 0.6) is 0 Å². The molecule has 660 valence electrons. The Kier molecular flexibility index (Phi) is 16.9. The molecule has 0 aliphatic carbocycles. The smallest absolute Gasteiger partial charge is 0.215 e. The van der Waals surface area contributed by atoms with Gasteiger partial charge in [0, 0.05) is 187 Å². The summed E-state index contributed by atoms with van der Waals surface area (Å²) < 4.78 is 597. The monoisotopic (exact) mass is 1830 g/mol. The quantitative estimate of drug-likeness (QED) is 0.0177. The van der Waals surface area contributed by atoms with E-state index in [4.69, 9.17) is 78.1 Å². The third kappa shape index (κ3) is 31.9. The van der Waals surface area contributed by atoms with Crippen LogP contribution in [0, 0.1) is 0 Å². The third-order valence-corrected chi connectivity index (χ3v) is 22.8. The Hall–Kier alpha value is -8.22. The van der Waals surface area contributed by atoms with E-state index < -0.39 is 293 Å². The molecule has 0 aliphatic rings. The first-order valence-corrected chi connectivity index (χ1v) is 44.6. The summed E-state index contributed by atoms with van der Waals surface area (Å²) in [5.74, 6) is -5.21. The molecule has 6 aromatic carbocycles. The lowest BCUT2D eigenvalue weighted by Gasteiger charge is -2.08. The molecule has 12 aromatic rings. The molecule has 0 fully saturated rings. The topological polar surface area (TPSA) is 391 Å². The van der Waals surface area contributed by atoms with Crippen LogP contribution in [0.1, 0.15) is 145 Å². The number of rotatable bonds is 36. The molecule has 0 amide bonds. The van der Waals surface area contributed by atoms with Crippen molar-refractivity contribution in [3.63, 3.8) is 0 Å². The Morgan fingerprint density at radius 1 is 0.275 bits per heavy atom. The zero-order valence-corrected chi connectivity index (χ0v) is 70.5. The number of nitrogens with one attached hydrogen (secondary N) is 12. The molecule has 0 saturated heterocycles. The van der Waals surface area contributed by atoms with E-state index in [0.717, 1.165) is 19.0 Å². The fourth-order valence-corrected chi connectivity index (χ4v) is 13.9. The predicted molar refractivity (Wildman–Crippen MR) is 493 cm³/mol. The SMILES string of the molecule is [2H]c1[nH]c2c([2H])c([2H])c(CS(=O)(=O)NC([2H])([2H])[2H])c([2H])c2c1CCN(C([2H])([2H])[2H])C([2H])([2H])[2H].[2H]c1[nH]c2c([2H])c([2H])c(CS(=O)(=O)NC([2H])([2H])[2H])c([2H])c2c1CCN(C)C.[2H]c1[nH]c2c([2H])c([2H])c(CS(=O)(=O)NC([2H])([2H])[2H])c([2H])c2c1CCN(C)C([2H])([2H])[2H].[2H]c1[nH]c2c([2H])c([2H])c(CS(=O)(=O)NC)c([2H])c2c1CC([2H])([2H])N(C([2H])([2H])[2H])C([2H])([2H])[2H].[2H]c1[nH]c2c([2H])c([2H])c(CS(=O)(=O)NC)c([2H])c2c1CC([2H])([2H])N(C)C.[2H]c1[nH]c2c([2H])c([2H])c(CS(=O)(=O)NC)c([2H])c2c1CC([2H])([2H])N(C)C([2H])([2H])[2H]. The van der Waals surface area contributed by atoms with Gasteiger partial charge in [0.1, 0.15) is 0 Å². The highest BCUT2D eigenvalue weighted by molar-refractivity contribution is 7.90. The van der Waals surface area contributed by atoms with Gasteiger partial charge in [-0.25, -0.2) is 78.8 Å². The van der Waals surface area contributed by atoms with Crippen LogP contribution < -0.4 is 28.3 Å². The van der Waals surface area contributed by atoms with Gasteiger partial charge in [-0.2, -0.15) is 0 Å². The Balaban J connectivity index is 0.000000284. The molecule has 0 unspecified atom stereocenters. The zero-order chi connectivity index (χ0) is 137. The molecule has 0 radical (unpaired) electrons. The number of benzene rings is 6. The van der Waals surface area contributed by atoms with E-state index in [2.05, 4.69) is 39.3 Å². The Bertz CT molecular complexity index is 8910. The van der Waals surface area contributed by atoms with Gasteiger partial charge in [-0.05, 0) is 304 Å². The van der Waals surface area contributed by atoms with Crippen molar-refractivity contribution in [2.45, 2.75) is 73.0 Å². The number of fused-ring (bicyclic) bond motifs is 6. The molecule has 6 aromatic heterocycles. The molecule has 12 rings (SSSR count). The second-order valence-electron chi connectivity index (χ2n) is 25.9. The minimum absolute atomic E-state index is 0.00102. The first-order valence-electron chi connectivity index (χ1n) is 63.2. The molecule has 6 heterocycles. The van der Waals surface area contributed by atoms with Crippen LogP contribution in [-0.2, 0) is 133 Å². The summed E-state index contributed by atoms with van der Waals surface area (Å²) >= 11 is 0. The minimum atomic E-state index is -4.54. The highest BCUT2D eigenvalue weighted by Crippen LogP contribution is 2.28. The van der Waals surface area contributed by atoms with Crippen molar-refractivity contribution in [3.8, 4) is 0 Å². The molecule has 0 aliphatic heterocycles. The van der Waals surface area contributed by atoms with E-state index in [1.165, 1.54) is 40.2 Å². The van der Waals surface area contributed by atoms with Crippen LogP contribution in [0.4, 0.5) is 0 Å². The molecule has 0 bridgehead atoms. The highest BCUT2D eigenvalue weighted by Gasteiger charge is 2.19. The maximum atomic E-state index is 12.2. The second kappa shape index (κ2) is 45.2. The van der Waals surface area contributed by atoms with E-state index in [1.807, 2.05) is 23.7 Å². The third-order valence-electron chi connectivity index (χ3n) is 16.0. The standard InChI is InChI=1S/6C14H21N3O2S/c6*1-15-20(18,19)10-11-4-5-14-13(8-11)12(9-16-14)6-7-17(2)3/h6*4-5,8-9,15-16H,6-7,10H2,1-3H3/i2D3,3D3,4D,5D,7D2,8D,9D;1D3,2D3,3D3,4D,5D,8D,9D;2D3,4D,5D,7D2,8D,9D;1D3,2D3,4D,5D,8D,9D;4D,5D,7D2,8D,9D;1D3,4D,5D,8D,9D. The summed E-state index contributed by atoms with van der Waals surface area (Å²) in [5, 5.41) is -0.0857. The Morgan fingerprint density at radius 3 is 0.700 bits per heavy atom. The van der Waals surface area contributed by atoms with E-state index in [9.17, 15) is 50.5 Å². The molecular weight excluding hydrogens is 1650 g/mol. The lowest BCUT2D eigenvalue weighted by molar-refractivity contribution is 0.414. The van der Waals surface area contributed by atoms with Gasteiger partial charge in [0.25, 0.3) is 0 Å². The van der Waals surface area contributed by atoms with Gasteiger partial charge in [0.2, 0.25) is 60.1 Å². The normalized spacial score (nSPS) is 20.6. The van der Waals surface area contributed by atoms with Crippen molar-refractivity contribution >= 4 is 126 Å². The number of aromatic nitrogens is 6. The molecule has 0 spiro atoms. The van der Waals surface area contributed by atoms with Crippen LogP contribution >= 0.6 is 0 Å². The number of hydrogen-bond donors (Lipinski definition) is 12. The van der Waals surface area contributed by atoms with Crippen molar-refractivity contribution < 1.29 is 129 Å². The summed E-state index contributed by atoms with van der Waals surface area (Å²) in [7, 11) is -12.2. The summed E-state index contributed by atoms with van der Waals surface area (Å²) in [6, 6.07) is -8.34. The lowest BCUT2D eigenvalue weighted by Crippen LogP contribution is -2.20. The molecule has 30 nitrogen and oxygen atoms in total. The van der Waals surface area contributed by atoms with Crippen LogP contribution in [0.15, 0.2) is 146 Å². The summed E-state index contributed by atoms with van der Waals surface area (Å²) in [5.41, 5.74) is -1.74. The molecule has 0 atom stereocenters. The van der Waals surface area contributed by atoms with Crippen LogP contribution in [0.3, 0.4) is 0 Å². The molecule has 36 heteroatoms. The molecule has 12 N–H and O–H groups in total. The minimum Gasteiger partial charge on any atom is -0.361 e. The molecule has 120 heavy (non-hydrogen) atoms. The van der Waals surface area contributed by atoms with Crippen molar-refractivity contribution in [2.24, 2.45) is 0 Å². The highest BCUT2D eigenvalue weighted by atomic mass is 32.2. The molecular formula is C84H126N18O12S6. The van der Waals surface area contributed by atoms with Crippen molar-refractivity contribution in [1.29, 1.82) is 0 Å². The summed E-state index contributed by atoms with van der Waals surface area (Å²) in [6.45, 7) is -34.1. The number of H-pyrrole nitrogens is 6. The first kappa shape index (κ1) is 44.9. The van der Waals surface area contributed by atoms with Gasteiger partial charge in [0.05, 0.1) is 67.4 Å². The summed E-state index contributed by atoms with van der Waals surface area (Å²) in [6.07, 6.45) is -3.25. The number of aromatic amines is 6. The van der Waals surface area contributed by atoms with Crippen LogP contribution in [0.25, 0.3) is 65.4 Å². The average molecular weight is 1830 g/mol. The van der Waals surface area contributed by atoms with Gasteiger partial charge in [-0.3, -0.25) is 0 Å². The van der Waals surface area contributed by atoms with Gasteiger partial charge in [0.15, 0.2) is 0 Å². The van der Waals surface area contributed by atoms with Gasteiger partial charge in [-0.1, -0.05) is 36.3 Å². The second-order valence-corrected chi connectivity index (χ2v) is 36.8. The van der Waals surface area contributed by atoms with Gasteiger partial charge >= 0.3 is 0 Å². The number of sulfonamides is 6. The van der Waals surface area contributed by atoms with Crippen molar-refractivity contribution in [1.82, 2.24) is 87.6 Å².